The summed E-state index contributed by atoms with van der Waals surface area (Å²) in [6, 6.07) is 23.9. The van der Waals surface area contributed by atoms with Crippen LogP contribution >= 0.6 is 0 Å². The lowest BCUT2D eigenvalue weighted by molar-refractivity contribution is -0.141. The van der Waals surface area contributed by atoms with Crippen molar-refractivity contribution < 1.29 is 19.1 Å². The summed E-state index contributed by atoms with van der Waals surface area (Å²) in [6.07, 6.45) is 0.987. The van der Waals surface area contributed by atoms with E-state index in [1.165, 1.54) is 0 Å². The van der Waals surface area contributed by atoms with Crippen LogP contribution in [0.4, 0.5) is 0 Å². The predicted molar refractivity (Wildman–Crippen MR) is 142 cm³/mol. The molecule has 1 N–H and O–H groups in total. The molecule has 0 unspecified atom stereocenters. The number of nitrogens with zero attached hydrogens (tertiary/aromatic N) is 1. The number of hydrogen-bond donors (Lipinski definition) is 1. The van der Waals surface area contributed by atoms with Gasteiger partial charge in [-0.3, -0.25) is 9.59 Å². The second-order valence-electron chi connectivity index (χ2n) is 9.16. The van der Waals surface area contributed by atoms with Gasteiger partial charge in [-0.1, -0.05) is 80.6 Å². The summed E-state index contributed by atoms with van der Waals surface area (Å²) < 4.78 is 10.8. The van der Waals surface area contributed by atoms with Gasteiger partial charge in [0, 0.05) is 13.1 Å². The molecule has 0 aromatic heterocycles. The van der Waals surface area contributed by atoms with Crippen molar-refractivity contribution in [3.05, 3.63) is 95.6 Å². The number of ether oxygens (including phenoxy) is 2. The quantitative estimate of drug-likeness (QED) is 0.382. The maximum atomic E-state index is 13.8. The lowest BCUT2D eigenvalue weighted by Gasteiger charge is -2.32. The fourth-order valence-corrected chi connectivity index (χ4v) is 4.06. The van der Waals surface area contributed by atoms with Gasteiger partial charge in [0.25, 0.3) is 0 Å². The summed E-state index contributed by atoms with van der Waals surface area (Å²) in [6.45, 7) is 5.11. The van der Waals surface area contributed by atoms with Gasteiger partial charge in [0.15, 0.2) is 11.5 Å². The Bertz CT molecular complexity index is 1120. The smallest absolute Gasteiger partial charge is 0.247 e. The molecule has 0 fully saturated rings. The van der Waals surface area contributed by atoms with E-state index in [-0.39, 0.29) is 18.2 Å². The molecule has 190 valence electrons. The van der Waals surface area contributed by atoms with Crippen LogP contribution in [0.5, 0.6) is 11.5 Å². The third-order valence-electron chi connectivity index (χ3n) is 6.02. The molecule has 3 aromatic carbocycles. The fourth-order valence-electron chi connectivity index (χ4n) is 4.06. The van der Waals surface area contributed by atoms with Gasteiger partial charge in [-0.2, -0.15) is 0 Å². The monoisotopic (exact) mass is 488 g/mol. The number of amides is 2. The number of hydrogen-bond acceptors (Lipinski definition) is 4. The van der Waals surface area contributed by atoms with Crippen molar-refractivity contribution in [2.75, 3.05) is 20.8 Å². The van der Waals surface area contributed by atoms with E-state index >= 15 is 0 Å². The minimum atomic E-state index is -0.758. The molecule has 0 spiro atoms. The highest BCUT2D eigenvalue weighted by Gasteiger charge is 2.31. The van der Waals surface area contributed by atoms with Crippen LogP contribution in [0.2, 0.25) is 0 Å². The Labute approximate surface area is 214 Å². The van der Waals surface area contributed by atoms with Crippen molar-refractivity contribution in [2.24, 2.45) is 5.92 Å². The number of nitrogens with one attached hydrogen (secondary N) is 1. The van der Waals surface area contributed by atoms with E-state index in [1.807, 2.05) is 66.7 Å². The van der Waals surface area contributed by atoms with Gasteiger partial charge >= 0.3 is 0 Å². The average molecular weight is 489 g/mol. The van der Waals surface area contributed by atoms with Crippen LogP contribution in [-0.2, 0) is 22.6 Å². The number of benzene rings is 3. The summed E-state index contributed by atoms with van der Waals surface area (Å²) in [5, 5.41) is 3.06. The Morgan fingerprint density at radius 2 is 1.47 bits per heavy atom. The van der Waals surface area contributed by atoms with Gasteiger partial charge in [0.2, 0.25) is 11.8 Å². The van der Waals surface area contributed by atoms with Crippen LogP contribution in [0.15, 0.2) is 78.9 Å². The maximum absolute atomic E-state index is 13.8. The summed E-state index contributed by atoms with van der Waals surface area (Å²) in [5.74, 6) is 1.29. The molecule has 0 saturated carbocycles. The van der Waals surface area contributed by atoms with Crippen molar-refractivity contribution in [1.29, 1.82) is 0 Å². The van der Waals surface area contributed by atoms with E-state index < -0.39 is 6.04 Å². The standard InChI is InChI=1S/C30H36N2O4/c1-22(2)17-18-31-30(34)29(25-13-9-6-10-14-25)32(21-23-11-7-5-8-12-23)28(33)20-24-15-16-26(35-3)27(19-24)36-4/h5-16,19,22,29H,17-18,20-21H2,1-4H3,(H,31,34)/t29-/m0/s1. The number of rotatable bonds is 12. The Morgan fingerprint density at radius 1 is 0.833 bits per heavy atom. The lowest BCUT2D eigenvalue weighted by atomic mass is 10.0. The first-order valence-corrected chi connectivity index (χ1v) is 12.3. The minimum absolute atomic E-state index is 0.121. The molecule has 0 saturated heterocycles. The molecular weight excluding hydrogens is 452 g/mol. The van der Waals surface area contributed by atoms with E-state index in [4.69, 9.17) is 9.47 Å². The largest absolute Gasteiger partial charge is 0.493 e. The first-order chi connectivity index (χ1) is 17.4. The molecule has 0 radical (unpaired) electrons. The van der Waals surface area contributed by atoms with E-state index in [9.17, 15) is 9.59 Å². The molecule has 0 aliphatic heterocycles. The number of carbonyl (C=O) groups excluding carboxylic acids is 2. The van der Waals surface area contributed by atoms with E-state index in [0.29, 0.717) is 30.5 Å². The van der Waals surface area contributed by atoms with E-state index in [1.54, 1.807) is 31.3 Å². The minimum Gasteiger partial charge on any atom is -0.493 e. The molecule has 3 aromatic rings. The van der Waals surface area contributed by atoms with Crippen LogP contribution in [0.3, 0.4) is 0 Å². The molecule has 1 atom stereocenters. The van der Waals surface area contributed by atoms with Crippen LogP contribution in [0.25, 0.3) is 0 Å². The molecule has 0 aliphatic carbocycles. The first-order valence-electron chi connectivity index (χ1n) is 12.3. The van der Waals surface area contributed by atoms with Gasteiger partial charge in [-0.05, 0) is 41.2 Å². The molecular formula is C30H36N2O4. The van der Waals surface area contributed by atoms with Crippen molar-refractivity contribution in [2.45, 2.75) is 39.3 Å². The van der Waals surface area contributed by atoms with Crippen LogP contribution in [0, 0.1) is 5.92 Å². The zero-order valence-corrected chi connectivity index (χ0v) is 21.6. The van der Waals surface area contributed by atoms with E-state index in [2.05, 4.69) is 19.2 Å². The molecule has 6 heteroatoms. The van der Waals surface area contributed by atoms with Crippen molar-refractivity contribution in [3.63, 3.8) is 0 Å². The molecule has 36 heavy (non-hydrogen) atoms. The van der Waals surface area contributed by atoms with Crippen molar-refractivity contribution in [3.8, 4) is 11.5 Å². The highest BCUT2D eigenvalue weighted by Crippen LogP contribution is 2.29. The van der Waals surface area contributed by atoms with Crippen LogP contribution in [-0.4, -0.2) is 37.5 Å². The van der Waals surface area contributed by atoms with Crippen molar-refractivity contribution in [1.82, 2.24) is 10.2 Å². The summed E-state index contributed by atoms with van der Waals surface area (Å²) in [4.78, 5) is 29.1. The summed E-state index contributed by atoms with van der Waals surface area (Å²) >= 11 is 0. The normalized spacial score (nSPS) is 11.6. The first kappa shape index (κ1) is 26.8. The molecule has 0 heterocycles. The third kappa shape index (κ3) is 7.35. The summed E-state index contributed by atoms with van der Waals surface area (Å²) in [5.41, 5.74) is 2.51. The zero-order chi connectivity index (χ0) is 25.9. The lowest BCUT2D eigenvalue weighted by Crippen LogP contribution is -2.44. The fraction of sp³-hybridized carbons (Fsp3) is 0.333. The zero-order valence-electron chi connectivity index (χ0n) is 21.6. The third-order valence-corrected chi connectivity index (χ3v) is 6.02. The van der Waals surface area contributed by atoms with Crippen LogP contribution < -0.4 is 14.8 Å². The maximum Gasteiger partial charge on any atom is 0.247 e. The van der Waals surface area contributed by atoms with Gasteiger partial charge in [0.05, 0.1) is 20.6 Å². The Hall–Kier alpha value is -3.80. The molecule has 0 bridgehead atoms. The molecule has 6 nitrogen and oxygen atoms in total. The van der Waals surface area contributed by atoms with Gasteiger partial charge in [-0.25, -0.2) is 0 Å². The van der Waals surface area contributed by atoms with Crippen LogP contribution in [0.1, 0.15) is 43.0 Å². The van der Waals surface area contributed by atoms with Gasteiger partial charge < -0.3 is 19.7 Å². The number of carbonyl (C=O) groups is 2. The Kier molecular flexibility index (Phi) is 9.92. The molecule has 2 amide bonds. The van der Waals surface area contributed by atoms with Crippen molar-refractivity contribution >= 4 is 11.8 Å². The average Bonchev–Trinajstić information content (AvgIpc) is 2.89. The van der Waals surface area contributed by atoms with Gasteiger partial charge in [0.1, 0.15) is 6.04 Å². The highest BCUT2D eigenvalue weighted by atomic mass is 16.5. The summed E-state index contributed by atoms with van der Waals surface area (Å²) in [7, 11) is 3.14. The number of methoxy groups -OCH3 is 2. The molecule has 3 rings (SSSR count). The highest BCUT2D eigenvalue weighted by molar-refractivity contribution is 5.89. The van der Waals surface area contributed by atoms with Gasteiger partial charge in [-0.15, -0.1) is 0 Å². The Balaban J connectivity index is 1.96. The second kappa shape index (κ2) is 13.3. The molecule has 0 aliphatic rings. The predicted octanol–water partition coefficient (Wildman–Crippen LogP) is 5.18. The van der Waals surface area contributed by atoms with E-state index in [0.717, 1.165) is 23.1 Å². The SMILES string of the molecule is COc1ccc(CC(=O)N(Cc2ccccc2)[C@H](C(=O)NCCC(C)C)c2ccccc2)cc1OC. The topological polar surface area (TPSA) is 67.9 Å². The Morgan fingerprint density at radius 3 is 2.08 bits per heavy atom. The second-order valence-corrected chi connectivity index (χ2v) is 9.16.